The van der Waals surface area contributed by atoms with Gasteiger partial charge in [0.1, 0.15) is 0 Å². The third-order valence-corrected chi connectivity index (χ3v) is 8.64. The first-order chi connectivity index (χ1) is 13.0. The first kappa shape index (κ1) is 24.4. The molecule has 1 saturated carbocycles. The number of carbonyl (C=O) groups is 1. The molecule has 3 atom stereocenters. The lowest BCUT2D eigenvalue weighted by atomic mass is 9.75. The molecule has 0 saturated heterocycles. The van der Waals surface area contributed by atoms with Gasteiger partial charge < -0.3 is 23.3 Å². The van der Waals surface area contributed by atoms with Crippen molar-refractivity contribution in [3.8, 4) is 0 Å². The molecule has 0 heterocycles. The monoisotopic (exact) mass is 403 g/mol. The molecule has 0 aromatic rings. The standard InChI is InChI=1S/C20H41NO5Si/c1-6-24-27(25-7-2,26-8-3)15-9-13-21-20(22)23-14-12-19-11-10-17(4)18(5)16-19/h17-19H,6-16H2,1-5H3,(H,21,22). The van der Waals surface area contributed by atoms with Gasteiger partial charge in [-0.05, 0) is 57.8 Å². The molecule has 1 amide bonds. The molecule has 1 fully saturated rings. The van der Waals surface area contributed by atoms with Crippen molar-refractivity contribution in [3.05, 3.63) is 0 Å². The Balaban J connectivity index is 2.20. The topological polar surface area (TPSA) is 66.0 Å². The molecular formula is C20H41NO5Si. The van der Waals surface area contributed by atoms with Gasteiger partial charge >= 0.3 is 14.9 Å². The third kappa shape index (κ3) is 9.41. The van der Waals surface area contributed by atoms with Crippen LogP contribution in [0.2, 0.25) is 6.04 Å². The summed E-state index contributed by atoms with van der Waals surface area (Å²) in [4.78, 5) is 11.9. The number of hydrogen-bond acceptors (Lipinski definition) is 5. The van der Waals surface area contributed by atoms with Crippen molar-refractivity contribution in [2.24, 2.45) is 17.8 Å². The van der Waals surface area contributed by atoms with Crippen molar-refractivity contribution in [1.82, 2.24) is 5.32 Å². The largest absolute Gasteiger partial charge is 0.500 e. The molecule has 0 aromatic heterocycles. The molecular weight excluding hydrogens is 362 g/mol. The maximum atomic E-state index is 11.9. The minimum Gasteiger partial charge on any atom is -0.450 e. The lowest BCUT2D eigenvalue weighted by molar-refractivity contribution is 0.0706. The summed E-state index contributed by atoms with van der Waals surface area (Å²) in [6.07, 6.45) is 5.20. The molecule has 0 spiro atoms. The molecule has 0 radical (unpaired) electrons. The van der Waals surface area contributed by atoms with Crippen molar-refractivity contribution < 1.29 is 22.8 Å². The lowest BCUT2D eigenvalue weighted by Gasteiger charge is -2.31. The molecule has 0 bridgehead atoms. The third-order valence-electron chi connectivity index (χ3n) is 5.49. The lowest BCUT2D eigenvalue weighted by Crippen LogP contribution is -2.46. The average Bonchev–Trinajstić information content (AvgIpc) is 2.62. The van der Waals surface area contributed by atoms with E-state index in [2.05, 4.69) is 19.2 Å². The van der Waals surface area contributed by atoms with E-state index in [1.165, 1.54) is 19.3 Å². The second-order valence-corrected chi connectivity index (χ2v) is 10.3. The van der Waals surface area contributed by atoms with Crippen molar-refractivity contribution >= 4 is 14.9 Å². The zero-order valence-corrected chi connectivity index (χ0v) is 19.1. The van der Waals surface area contributed by atoms with E-state index in [0.29, 0.717) is 44.9 Å². The van der Waals surface area contributed by atoms with Crippen LogP contribution in [0.4, 0.5) is 4.79 Å². The summed E-state index contributed by atoms with van der Waals surface area (Å²) >= 11 is 0. The van der Waals surface area contributed by atoms with E-state index in [9.17, 15) is 4.79 Å². The summed E-state index contributed by atoms with van der Waals surface area (Å²) in [5.41, 5.74) is 0. The Bertz CT molecular complexity index is 393. The fourth-order valence-corrected chi connectivity index (χ4v) is 6.40. The van der Waals surface area contributed by atoms with E-state index in [1.54, 1.807) is 0 Å². The van der Waals surface area contributed by atoms with Crippen LogP contribution in [0.3, 0.4) is 0 Å². The summed E-state index contributed by atoms with van der Waals surface area (Å²) in [6, 6.07) is 0.695. The highest BCUT2D eigenvalue weighted by molar-refractivity contribution is 6.60. The predicted octanol–water partition coefficient (Wildman–Crippen LogP) is 4.61. The highest BCUT2D eigenvalue weighted by Crippen LogP contribution is 2.34. The minimum absolute atomic E-state index is 0.330. The Labute approximate surface area is 167 Å². The number of carbonyl (C=O) groups excluding carboxylic acids is 1. The van der Waals surface area contributed by atoms with Crippen molar-refractivity contribution in [2.75, 3.05) is 33.0 Å². The van der Waals surface area contributed by atoms with E-state index in [-0.39, 0.29) is 6.09 Å². The van der Waals surface area contributed by atoms with Gasteiger partial charge in [0, 0.05) is 32.4 Å². The number of ether oxygens (including phenoxy) is 1. The summed E-state index contributed by atoms with van der Waals surface area (Å²) in [5.74, 6) is 2.30. The van der Waals surface area contributed by atoms with Gasteiger partial charge in [-0.25, -0.2) is 4.79 Å². The van der Waals surface area contributed by atoms with Gasteiger partial charge in [0.15, 0.2) is 0 Å². The molecule has 6 nitrogen and oxygen atoms in total. The summed E-state index contributed by atoms with van der Waals surface area (Å²) in [5, 5.41) is 2.83. The molecule has 1 aliphatic rings. The fraction of sp³-hybridized carbons (Fsp3) is 0.950. The smallest absolute Gasteiger partial charge is 0.450 e. The van der Waals surface area contributed by atoms with Crippen LogP contribution in [0.5, 0.6) is 0 Å². The van der Waals surface area contributed by atoms with E-state index in [1.807, 2.05) is 20.8 Å². The highest BCUT2D eigenvalue weighted by Gasteiger charge is 2.39. The number of rotatable bonds is 13. The van der Waals surface area contributed by atoms with Gasteiger partial charge in [-0.3, -0.25) is 0 Å². The number of nitrogens with one attached hydrogen (secondary N) is 1. The maximum absolute atomic E-state index is 11.9. The molecule has 1 N–H and O–H groups in total. The molecule has 3 unspecified atom stereocenters. The maximum Gasteiger partial charge on any atom is 0.500 e. The molecule has 1 aliphatic carbocycles. The summed E-state index contributed by atoms with van der Waals surface area (Å²) in [7, 11) is -2.62. The van der Waals surface area contributed by atoms with Gasteiger partial charge in [-0.2, -0.15) is 0 Å². The van der Waals surface area contributed by atoms with E-state index >= 15 is 0 Å². The van der Waals surface area contributed by atoms with Crippen LogP contribution < -0.4 is 5.32 Å². The van der Waals surface area contributed by atoms with Crippen molar-refractivity contribution in [1.29, 1.82) is 0 Å². The zero-order valence-electron chi connectivity index (χ0n) is 18.1. The summed E-state index contributed by atoms with van der Waals surface area (Å²) < 4.78 is 22.8. The van der Waals surface area contributed by atoms with Gasteiger partial charge in [0.05, 0.1) is 6.61 Å². The molecule has 160 valence electrons. The second-order valence-electron chi connectivity index (χ2n) is 7.57. The Hall–Kier alpha value is -0.633. The molecule has 0 aromatic carbocycles. The van der Waals surface area contributed by atoms with Gasteiger partial charge in [0.25, 0.3) is 0 Å². The Morgan fingerprint density at radius 3 is 2.19 bits per heavy atom. The Kier molecular flexibility index (Phi) is 12.2. The van der Waals surface area contributed by atoms with Crippen LogP contribution >= 0.6 is 0 Å². The molecule has 27 heavy (non-hydrogen) atoms. The predicted molar refractivity (Wildman–Crippen MR) is 110 cm³/mol. The van der Waals surface area contributed by atoms with Crippen LogP contribution in [0, 0.1) is 17.8 Å². The van der Waals surface area contributed by atoms with Crippen LogP contribution in [0.1, 0.15) is 66.7 Å². The van der Waals surface area contributed by atoms with E-state index in [4.69, 9.17) is 18.0 Å². The number of alkyl carbamates (subject to hydrolysis) is 1. The first-order valence-electron chi connectivity index (χ1n) is 10.8. The molecule has 0 aliphatic heterocycles. The van der Waals surface area contributed by atoms with Crippen molar-refractivity contribution in [3.63, 3.8) is 0 Å². The Morgan fingerprint density at radius 2 is 1.63 bits per heavy atom. The van der Waals surface area contributed by atoms with Crippen LogP contribution in [0.25, 0.3) is 0 Å². The SMILES string of the molecule is CCO[Si](CCCNC(=O)OCCC1CCC(C)C(C)C1)(OCC)OCC. The second kappa shape index (κ2) is 13.5. The van der Waals surface area contributed by atoms with Crippen molar-refractivity contribution in [2.45, 2.75) is 72.8 Å². The van der Waals surface area contributed by atoms with Gasteiger partial charge in [-0.1, -0.05) is 26.7 Å². The summed E-state index contributed by atoms with van der Waals surface area (Å²) in [6.45, 7) is 13.3. The first-order valence-corrected chi connectivity index (χ1v) is 12.7. The van der Waals surface area contributed by atoms with Crippen LogP contribution in [-0.4, -0.2) is 47.9 Å². The molecule has 7 heteroatoms. The number of hydrogen-bond donors (Lipinski definition) is 1. The highest BCUT2D eigenvalue weighted by atomic mass is 28.4. The Morgan fingerprint density at radius 1 is 1.00 bits per heavy atom. The van der Waals surface area contributed by atoms with E-state index in [0.717, 1.165) is 24.7 Å². The normalized spacial score (nSPS) is 23.2. The van der Waals surface area contributed by atoms with Crippen LogP contribution in [0.15, 0.2) is 0 Å². The molecule has 1 rings (SSSR count). The van der Waals surface area contributed by atoms with Crippen LogP contribution in [-0.2, 0) is 18.0 Å². The van der Waals surface area contributed by atoms with Gasteiger partial charge in [-0.15, -0.1) is 0 Å². The zero-order chi connectivity index (χ0) is 20.1. The average molecular weight is 404 g/mol. The van der Waals surface area contributed by atoms with E-state index < -0.39 is 8.80 Å². The van der Waals surface area contributed by atoms with Gasteiger partial charge in [0.2, 0.25) is 0 Å². The number of amides is 1. The fourth-order valence-electron chi connectivity index (χ4n) is 3.79. The quantitative estimate of drug-likeness (QED) is 0.359. The minimum atomic E-state index is -2.62.